The van der Waals surface area contributed by atoms with E-state index in [0.717, 1.165) is 29.5 Å². The molecule has 0 saturated carbocycles. The summed E-state index contributed by atoms with van der Waals surface area (Å²) in [6, 6.07) is 12.5. The molecule has 2 aromatic rings. The van der Waals surface area contributed by atoms with E-state index in [2.05, 4.69) is 44.2 Å². The molecular formula is C17H23NO. The van der Waals surface area contributed by atoms with Crippen molar-refractivity contribution < 1.29 is 4.74 Å². The van der Waals surface area contributed by atoms with Gasteiger partial charge in [0.1, 0.15) is 5.75 Å². The van der Waals surface area contributed by atoms with E-state index in [1.807, 2.05) is 13.0 Å². The van der Waals surface area contributed by atoms with Gasteiger partial charge in [0.25, 0.3) is 0 Å². The molecule has 2 heteroatoms. The van der Waals surface area contributed by atoms with Crippen molar-refractivity contribution in [2.45, 2.75) is 45.8 Å². The smallest absolute Gasteiger partial charge is 0.132 e. The average Bonchev–Trinajstić information content (AvgIpc) is 2.44. The van der Waals surface area contributed by atoms with Crippen LogP contribution in [0.5, 0.6) is 5.75 Å². The van der Waals surface area contributed by atoms with Crippen LogP contribution < -0.4 is 10.5 Å². The summed E-state index contributed by atoms with van der Waals surface area (Å²) in [7, 11) is 0. The fourth-order valence-electron chi connectivity index (χ4n) is 2.37. The molecule has 2 N–H and O–H groups in total. The number of fused-ring (bicyclic) bond motifs is 1. The van der Waals surface area contributed by atoms with Crippen molar-refractivity contribution in [3.63, 3.8) is 0 Å². The molecule has 0 fully saturated rings. The second-order valence-electron chi connectivity index (χ2n) is 5.05. The van der Waals surface area contributed by atoms with Crippen molar-refractivity contribution >= 4 is 10.8 Å². The van der Waals surface area contributed by atoms with Gasteiger partial charge < -0.3 is 10.5 Å². The van der Waals surface area contributed by atoms with Crippen molar-refractivity contribution in [3.8, 4) is 5.75 Å². The highest BCUT2D eigenvalue weighted by molar-refractivity contribution is 5.89. The van der Waals surface area contributed by atoms with E-state index in [4.69, 9.17) is 10.5 Å². The Morgan fingerprint density at radius 3 is 2.37 bits per heavy atom. The van der Waals surface area contributed by atoms with Gasteiger partial charge in [0.2, 0.25) is 0 Å². The molecule has 0 radical (unpaired) electrons. The van der Waals surface area contributed by atoms with Gasteiger partial charge in [-0.2, -0.15) is 0 Å². The molecule has 19 heavy (non-hydrogen) atoms. The molecule has 0 aliphatic rings. The Labute approximate surface area is 115 Å². The molecule has 0 unspecified atom stereocenters. The molecule has 0 aromatic heterocycles. The molecule has 2 rings (SSSR count). The van der Waals surface area contributed by atoms with Gasteiger partial charge in [-0.1, -0.05) is 50.2 Å². The zero-order valence-electron chi connectivity index (χ0n) is 12.0. The van der Waals surface area contributed by atoms with E-state index >= 15 is 0 Å². The summed E-state index contributed by atoms with van der Waals surface area (Å²) in [6.07, 6.45) is 2.28. The molecule has 0 heterocycles. The van der Waals surface area contributed by atoms with Crippen molar-refractivity contribution in [1.82, 2.24) is 0 Å². The summed E-state index contributed by atoms with van der Waals surface area (Å²) in [6.45, 7) is 6.32. The van der Waals surface area contributed by atoms with Gasteiger partial charge in [-0.25, -0.2) is 0 Å². The van der Waals surface area contributed by atoms with Crippen LogP contribution in [0, 0.1) is 0 Å². The van der Waals surface area contributed by atoms with Crippen LogP contribution in [0.4, 0.5) is 0 Å². The summed E-state index contributed by atoms with van der Waals surface area (Å²) >= 11 is 0. The fraction of sp³-hybridized carbons (Fsp3) is 0.412. The van der Waals surface area contributed by atoms with Gasteiger partial charge in [0.05, 0.1) is 6.10 Å². The first kappa shape index (κ1) is 13.9. The van der Waals surface area contributed by atoms with E-state index in [1.165, 1.54) is 5.39 Å². The summed E-state index contributed by atoms with van der Waals surface area (Å²) in [4.78, 5) is 0. The maximum absolute atomic E-state index is 6.24. The van der Waals surface area contributed by atoms with E-state index in [-0.39, 0.29) is 12.1 Å². The van der Waals surface area contributed by atoms with Crippen LogP contribution in [0.1, 0.15) is 45.2 Å². The first-order valence-electron chi connectivity index (χ1n) is 7.11. The lowest BCUT2D eigenvalue weighted by Crippen LogP contribution is -2.17. The van der Waals surface area contributed by atoms with E-state index in [1.54, 1.807) is 0 Å². The van der Waals surface area contributed by atoms with Gasteiger partial charge in [-0.15, -0.1) is 0 Å². The minimum absolute atomic E-state index is 0.0195. The zero-order valence-corrected chi connectivity index (χ0v) is 12.0. The number of hydrogen-bond donors (Lipinski definition) is 1. The van der Waals surface area contributed by atoms with E-state index in [9.17, 15) is 0 Å². The summed E-state index contributed by atoms with van der Waals surface area (Å²) in [5.41, 5.74) is 7.17. The van der Waals surface area contributed by atoms with E-state index in [0.29, 0.717) is 0 Å². The Morgan fingerprint density at radius 1 is 1.05 bits per heavy atom. The van der Waals surface area contributed by atoms with Crippen LogP contribution in [0.25, 0.3) is 10.8 Å². The summed E-state index contributed by atoms with van der Waals surface area (Å²) in [5, 5.41) is 2.36. The number of nitrogens with two attached hydrogens (primary N) is 1. The normalized spacial score (nSPS) is 12.9. The Morgan fingerprint density at radius 2 is 1.74 bits per heavy atom. The van der Waals surface area contributed by atoms with E-state index < -0.39 is 0 Å². The lowest BCUT2D eigenvalue weighted by atomic mass is 10.0. The molecule has 102 valence electrons. The molecule has 0 aliphatic carbocycles. The third kappa shape index (κ3) is 2.90. The van der Waals surface area contributed by atoms with Gasteiger partial charge >= 0.3 is 0 Å². The molecule has 2 nitrogen and oxygen atoms in total. The summed E-state index contributed by atoms with van der Waals surface area (Å²) in [5.74, 6) is 0.960. The van der Waals surface area contributed by atoms with Gasteiger partial charge in [0.15, 0.2) is 0 Å². The molecule has 0 amide bonds. The minimum Gasteiger partial charge on any atom is -0.489 e. The standard InChI is InChI=1S/C17H23NO/c1-4-14(5-2)19-17-15(12(3)18)11-10-13-8-6-7-9-16(13)17/h6-12,14H,4-5,18H2,1-3H3/t12-/m1/s1. The molecule has 0 bridgehead atoms. The topological polar surface area (TPSA) is 35.2 Å². The van der Waals surface area contributed by atoms with Crippen LogP contribution in [0.15, 0.2) is 36.4 Å². The van der Waals surface area contributed by atoms with Crippen LogP contribution in [-0.4, -0.2) is 6.10 Å². The maximum atomic E-state index is 6.24. The van der Waals surface area contributed by atoms with Crippen molar-refractivity contribution in [1.29, 1.82) is 0 Å². The number of rotatable bonds is 5. The second kappa shape index (κ2) is 6.07. The Balaban J connectivity index is 2.55. The van der Waals surface area contributed by atoms with Crippen LogP contribution in [0.3, 0.4) is 0 Å². The quantitative estimate of drug-likeness (QED) is 0.860. The molecule has 0 saturated heterocycles. The summed E-state index contributed by atoms with van der Waals surface area (Å²) < 4.78 is 6.24. The van der Waals surface area contributed by atoms with Crippen LogP contribution in [0.2, 0.25) is 0 Å². The second-order valence-corrected chi connectivity index (χ2v) is 5.05. The van der Waals surface area contributed by atoms with Crippen LogP contribution >= 0.6 is 0 Å². The SMILES string of the molecule is CCC(CC)Oc1c([C@@H](C)N)ccc2ccccc12. The first-order chi connectivity index (χ1) is 9.17. The maximum Gasteiger partial charge on any atom is 0.132 e. The average molecular weight is 257 g/mol. The lowest BCUT2D eigenvalue weighted by molar-refractivity contribution is 0.193. The van der Waals surface area contributed by atoms with Crippen LogP contribution in [-0.2, 0) is 0 Å². The number of benzene rings is 2. The third-order valence-electron chi connectivity index (χ3n) is 3.60. The lowest BCUT2D eigenvalue weighted by Gasteiger charge is -2.21. The Kier molecular flexibility index (Phi) is 4.43. The molecule has 0 aliphatic heterocycles. The highest BCUT2D eigenvalue weighted by Crippen LogP contribution is 2.34. The highest BCUT2D eigenvalue weighted by atomic mass is 16.5. The molecule has 0 spiro atoms. The van der Waals surface area contributed by atoms with Crippen molar-refractivity contribution in [2.75, 3.05) is 0 Å². The predicted molar refractivity (Wildman–Crippen MR) is 81.5 cm³/mol. The largest absolute Gasteiger partial charge is 0.489 e. The van der Waals surface area contributed by atoms with Gasteiger partial charge in [-0.3, -0.25) is 0 Å². The number of hydrogen-bond acceptors (Lipinski definition) is 2. The zero-order chi connectivity index (χ0) is 13.8. The highest BCUT2D eigenvalue weighted by Gasteiger charge is 2.15. The van der Waals surface area contributed by atoms with Crippen molar-refractivity contribution in [2.24, 2.45) is 5.73 Å². The number of ether oxygens (including phenoxy) is 1. The third-order valence-corrected chi connectivity index (χ3v) is 3.60. The van der Waals surface area contributed by atoms with Gasteiger partial charge in [-0.05, 0) is 25.2 Å². The molecular weight excluding hydrogens is 234 g/mol. The monoisotopic (exact) mass is 257 g/mol. The minimum atomic E-state index is -0.0195. The predicted octanol–water partition coefficient (Wildman–Crippen LogP) is 4.43. The van der Waals surface area contributed by atoms with Crippen molar-refractivity contribution in [3.05, 3.63) is 42.0 Å². The fourth-order valence-corrected chi connectivity index (χ4v) is 2.37. The first-order valence-corrected chi connectivity index (χ1v) is 7.11. The Hall–Kier alpha value is -1.54. The Bertz CT molecular complexity index is 544. The molecule has 2 aromatic carbocycles. The van der Waals surface area contributed by atoms with Gasteiger partial charge in [0, 0.05) is 17.0 Å². The molecule has 1 atom stereocenters.